The van der Waals surface area contributed by atoms with E-state index in [1.165, 1.54) is 0 Å². The SMILES string of the molecule is CC=Cc1cc(-c2c(O)c3ccccc3n(-c3ccccc3)c2=O)nn1-c1ccccc1. The minimum atomic E-state index is -0.322. The van der Waals surface area contributed by atoms with Crippen molar-refractivity contribution >= 4 is 17.0 Å². The van der Waals surface area contributed by atoms with Crippen molar-refractivity contribution in [3.05, 3.63) is 113 Å². The third kappa shape index (κ3) is 3.20. The molecular weight excluding hydrogens is 398 g/mol. The van der Waals surface area contributed by atoms with Gasteiger partial charge in [0, 0.05) is 11.1 Å². The molecule has 5 rings (SSSR count). The van der Waals surface area contributed by atoms with Gasteiger partial charge < -0.3 is 5.11 Å². The quantitative estimate of drug-likeness (QED) is 0.414. The Morgan fingerprint density at radius 1 is 0.844 bits per heavy atom. The number of hydrogen-bond acceptors (Lipinski definition) is 3. The molecule has 0 radical (unpaired) electrons. The molecule has 0 amide bonds. The molecule has 1 N–H and O–H groups in total. The minimum Gasteiger partial charge on any atom is -0.506 e. The second-order valence-corrected chi connectivity index (χ2v) is 7.42. The maximum absolute atomic E-state index is 13.8. The lowest BCUT2D eigenvalue weighted by atomic mass is 10.1. The molecule has 0 aliphatic heterocycles. The molecule has 2 aromatic heterocycles. The van der Waals surface area contributed by atoms with Gasteiger partial charge in [0.2, 0.25) is 0 Å². The summed E-state index contributed by atoms with van der Waals surface area (Å²) in [5.74, 6) is -0.0671. The Hall–Kier alpha value is -4.38. The zero-order chi connectivity index (χ0) is 22.1. The fourth-order valence-corrected chi connectivity index (χ4v) is 3.97. The van der Waals surface area contributed by atoms with E-state index in [-0.39, 0.29) is 16.9 Å². The molecule has 0 spiro atoms. The Balaban J connectivity index is 1.84. The van der Waals surface area contributed by atoms with Crippen LogP contribution >= 0.6 is 0 Å². The van der Waals surface area contributed by atoms with E-state index in [1.54, 1.807) is 9.25 Å². The molecular formula is C27H21N3O2. The monoisotopic (exact) mass is 419 g/mol. The normalized spacial score (nSPS) is 11.4. The number of nitrogens with zero attached hydrogens (tertiary/aromatic N) is 3. The Kier molecular flexibility index (Phi) is 4.92. The van der Waals surface area contributed by atoms with Gasteiger partial charge in [-0.15, -0.1) is 0 Å². The van der Waals surface area contributed by atoms with Gasteiger partial charge in [0.05, 0.1) is 16.9 Å². The van der Waals surface area contributed by atoms with Gasteiger partial charge >= 0.3 is 0 Å². The molecule has 32 heavy (non-hydrogen) atoms. The summed E-state index contributed by atoms with van der Waals surface area (Å²) >= 11 is 0. The number of allylic oxidation sites excluding steroid dienone is 1. The van der Waals surface area contributed by atoms with E-state index in [4.69, 9.17) is 5.10 Å². The van der Waals surface area contributed by atoms with E-state index >= 15 is 0 Å². The van der Waals surface area contributed by atoms with Gasteiger partial charge in [-0.3, -0.25) is 9.36 Å². The van der Waals surface area contributed by atoms with Crippen molar-refractivity contribution in [2.75, 3.05) is 0 Å². The van der Waals surface area contributed by atoms with Crippen molar-refractivity contribution in [1.82, 2.24) is 14.3 Å². The van der Waals surface area contributed by atoms with E-state index in [2.05, 4.69) is 0 Å². The van der Waals surface area contributed by atoms with Crippen molar-refractivity contribution in [3.63, 3.8) is 0 Å². The van der Waals surface area contributed by atoms with Crippen LogP contribution in [0.2, 0.25) is 0 Å². The second-order valence-electron chi connectivity index (χ2n) is 7.42. The predicted molar refractivity (Wildman–Crippen MR) is 128 cm³/mol. The summed E-state index contributed by atoms with van der Waals surface area (Å²) < 4.78 is 3.40. The smallest absolute Gasteiger partial charge is 0.268 e. The molecule has 0 fully saturated rings. The highest BCUT2D eigenvalue weighted by Gasteiger charge is 2.22. The van der Waals surface area contributed by atoms with Crippen LogP contribution in [-0.2, 0) is 0 Å². The Morgan fingerprint density at radius 2 is 1.47 bits per heavy atom. The number of aromatic nitrogens is 3. The Labute approximate surface area is 185 Å². The molecule has 3 aromatic carbocycles. The molecule has 0 saturated heterocycles. The molecule has 0 aliphatic carbocycles. The lowest BCUT2D eigenvalue weighted by molar-refractivity contribution is 0.482. The molecule has 5 heteroatoms. The third-order valence-corrected chi connectivity index (χ3v) is 5.40. The highest BCUT2D eigenvalue weighted by molar-refractivity contribution is 5.92. The average molecular weight is 419 g/mol. The van der Waals surface area contributed by atoms with Crippen LogP contribution in [0.1, 0.15) is 12.6 Å². The fourth-order valence-electron chi connectivity index (χ4n) is 3.97. The summed E-state index contributed by atoms with van der Waals surface area (Å²) in [7, 11) is 0. The minimum absolute atomic E-state index is 0.0671. The number of aromatic hydroxyl groups is 1. The molecule has 5 aromatic rings. The number of pyridine rings is 1. The average Bonchev–Trinajstić information content (AvgIpc) is 3.24. The molecule has 0 aliphatic rings. The van der Waals surface area contributed by atoms with Gasteiger partial charge in [0.15, 0.2) is 0 Å². The van der Waals surface area contributed by atoms with Crippen LogP contribution in [-0.4, -0.2) is 19.5 Å². The summed E-state index contributed by atoms with van der Waals surface area (Å²) in [5.41, 5.74) is 3.32. The van der Waals surface area contributed by atoms with Crippen LogP contribution in [0.15, 0.2) is 102 Å². The maximum Gasteiger partial charge on any atom is 0.268 e. The summed E-state index contributed by atoms with van der Waals surface area (Å²) in [6.45, 7) is 1.93. The first-order valence-corrected chi connectivity index (χ1v) is 10.4. The molecule has 5 nitrogen and oxygen atoms in total. The molecule has 0 atom stereocenters. The lowest BCUT2D eigenvalue weighted by Gasteiger charge is -2.14. The first-order chi connectivity index (χ1) is 15.7. The van der Waals surface area contributed by atoms with E-state index in [9.17, 15) is 9.90 Å². The molecule has 156 valence electrons. The first-order valence-electron chi connectivity index (χ1n) is 10.4. The number of fused-ring (bicyclic) bond motifs is 1. The van der Waals surface area contributed by atoms with Gasteiger partial charge in [-0.05, 0) is 55.5 Å². The van der Waals surface area contributed by atoms with Crippen LogP contribution in [0.5, 0.6) is 5.75 Å². The van der Waals surface area contributed by atoms with Crippen LogP contribution < -0.4 is 5.56 Å². The van der Waals surface area contributed by atoms with E-state index in [0.29, 0.717) is 16.6 Å². The van der Waals surface area contributed by atoms with Gasteiger partial charge in [-0.25, -0.2) is 4.68 Å². The van der Waals surface area contributed by atoms with Crippen LogP contribution in [0.25, 0.3) is 39.6 Å². The predicted octanol–water partition coefficient (Wildman–Crippen LogP) is 5.58. The number of para-hydroxylation sites is 3. The highest BCUT2D eigenvalue weighted by atomic mass is 16.3. The van der Waals surface area contributed by atoms with E-state index < -0.39 is 0 Å². The summed E-state index contributed by atoms with van der Waals surface area (Å²) in [6, 6.07) is 28.3. The largest absolute Gasteiger partial charge is 0.506 e. The summed E-state index contributed by atoms with van der Waals surface area (Å²) in [4.78, 5) is 13.8. The standard InChI is InChI=1S/C27H21N3O2/c1-2-11-21-18-23(28-30(21)20-14-7-4-8-15-20)25-26(31)22-16-9-10-17-24(22)29(27(25)32)19-12-5-3-6-13-19/h2-18,31H,1H3. The zero-order valence-electron chi connectivity index (χ0n) is 17.5. The van der Waals surface area contributed by atoms with Crippen LogP contribution in [0, 0.1) is 0 Å². The highest BCUT2D eigenvalue weighted by Crippen LogP contribution is 2.34. The van der Waals surface area contributed by atoms with E-state index in [1.807, 2.05) is 110 Å². The van der Waals surface area contributed by atoms with Gasteiger partial charge in [-0.1, -0.05) is 54.6 Å². The number of rotatable bonds is 4. The van der Waals surface area contributed by atoms with Gasteiger partial charge in [0.25, 0.3) is 5.56 Å². The number of hydrogen-bond donors (Lipinski definition) is 1. The second kappa shape index (κ2) is 8.04. The van der Waals surface area contributed by atoms with Gasteiger partial charge in [0.1, 0.15) is 17.0 Å². The Morgan fingerprint density at radius 3 is 2.16 bits per heavy atom. The van der Waals surface area contributed by atoms with E-state index in [0.717, 1.165) is 17.1 Å². The van der Waals surface area contributed by atoms with Crippen molar-refractivity contribution in [2.45, 2.75) is 6.92 Å². The van der Waals surface area contributed by atoms with Gasteiger partial charge in [-0.2, -0.15) is 5.10 Å². The van der Waals surface area contributed by atoms with Crippen LogP contribution in [0.3, 0.4) is 0 Å². The van der Waals surface area contributed by atoms with Crippen LogP contribution in [0.4, 0.5) is 0 Å². The first kappa shape index (κ1) is 19.6. The molecule has 2 heterocycles. The van der Waals surface area contributed by atoms with Crippen molar-refractivity contribution < 1.29 is 5.11 Å². The molecule has 0 bridgehead atoms. The summed E-state index contributed by atoms with van der Waals surface area (Å²) in [5, 5.41) is 16.5. The summed E-state index contributed by atoms with van der Waals surface area (Å²) in [6.07, 6.45) is 3.85. The van der Waals surface area contributed by atoms with Crippen molar-refractivity contribution in [2.24, 2.45) is 0 Å². The topological polar surface area (TPSA) is 60.1 Å². The molecule has 0 saturated carbocycles. The number of benzene rings is 3. The third-order valence-electron chi connectivity index (χ3n) is 5.40. The Bertz CT molecular complexity index is 1500. The molecule has 0 unspecified atom stereocenters. The van der Waals surface area contributed by atoms with Crippen molar-refractivity contribution in [3.8, 4) is 28.4 Å². The zero-order valence-corrected chi connectivity index (χ0v) is 17.5. The fraction of sp³-hybridized carbons (Fsp3) is 0.0370. The lowest BCUT2D eigenvalue weighted by Crippen LogP contribution is -2.21. The van der Waals surface area contributed by atoms with Crippen molar-refractivity contribution in [1.29, 1.82) is 0 Å². The maximum atomic E-state index is 13.8.